The third-order valence-corrected chi connectivity index (χ3v) is 5.47. The number of aryl methyl sites for hydroxylation is 1. The van der Waals surface area contributed by atoms with Crippen LogP contribution in [0.2, 0.25) is 0 Å². The molecule has 2 N–H and O–H groups in total. The Balaban J connectivity index is 1.77. The summed E-state index contributed by atoms with van der Waals surface area (Å²) in [6, 6.07) is 5.86. The van der Waals surface area contributed by atoms with Gasteiger partial charge in [0.2, 0.25) is 5.91 Å². The summed E-state index contributed by atoms with van der Waals surface area (Å²) in [4.78, 5) is 23.2. The first-order valence-electron chi connectivity index (χ1n) is 9.04. The molecule has 2 aliphatic rings. The van der Waals surface area contributed by atoms with Gasteiger partial charge in [-0.2, -0.15) is 0 Å². The number of hydrogen-bond donors (Lipinski definition) is 2. The van der Waals surface area contributed by atoms with Crippen LogP contribution in [-0.2, 0) is 14.9 Å². The molecule has 7 heteroatoms. The van der Waals surface area contributed by atoms with Gasteiger partial charge in [0.1, 0.15) is 18.2 Å². The lowest BCUT2D eigenvalue weighted by atomic mass is 9.85. The molecular formula is C20H23N3O4. The number of aliphatic hydroxyl groups is 2. The van der Waals surface area contributed by atoms with Crippen molar-refractivity contribution in [3.63, 3.8) is 0 Å². The third kappa shape index (κ3) is 2.82. The number of fused-ring (bicyclic) bond motifs is 1. The van der Waals surface area contributed by atoms with Gasteiger partial charge in [-0.05, 0) is 38.0 Å². The van der Waals surface area contributed by atoms with Crippen molar-refractivity contribution in [3.05, 3.63) is 42.0 Å². The lowest BCUT2D eigenvalue weighted by Gasteiger charge is -2.26. The summed E-state index contributed by atoms with van der Waals surface area (Å²) in [5, 5.41) is 19.5. The van der Waals surface area contributed by atoms with E-state index < -0.39 is 23.9 Å². The molecule has 1 aromatic carbocycles. The SMILES string of the molecule is Cc1ncc(-c2ccc3c(c2)N(C2C[C@H](O)C(CO)O2)C(=O)C3(C)C)cn1. The minimum absolute atomic E-state index is 0.0782. The van der Waals surface area contributed by atoms with Crippen molar-refractivity contribution in [2.75, 3.05) is 11.5 Å². The number of hydrogen-bond acceptors (Lipinski definition) is 6. The fourth-order valence-corrected chi connectivity index (χ4v) is 3.83. The molecule has 0 bridgehead atoms. The Morgan fingerprint density at radius 2 is 1.96 bits per heavy atom. The molecule has 2 aliphatic heterocycles. The van der Waals surface area contributed by atoms with E-state index >= 15 is 0 Å². The Bertz CT molecular complexity index is 881. The standard InChI is InChI=1S/C20H23N3O4/c1-11-21-8-13(9-22-11)12-4-5-14-15(6-12)23(19(26)20(14,2)3)18-7-16(25)17(10-24)27-18/h4-6,8-9,16-18,24-25H,7,10H2,1-3H3/t16-,17?,18?/m0/s1. The van der Waals surface area contributed by atoms with Crippen molar-refractivity contribution in [2.45, 2.75) is 51.0 Å². The minimum atomic E-state index is -0.798. The summed E-state index contributed by atoms with van der Waals surface area (Å²) in [7, 11) is 0. The highest BCUT2D eigenvalue weighted by Crippen LogP contribution is 2.46. The van der Waals surface area contributed by atoms with Crippen molar-refractivity contribution in [1.82, 2.24) is 9.97 Å². The quantitative estimate of drug-likeness (QED) is 0.852. The zero-order valence-electron chi connectivity index (χ0n) is 15.6. The van der Waals surface area contributed by atoms with E-state index in [-0.39, 0.29) is 18.9 Å². The molecular weight excluding hydrogens is 346 g/mol. The molecule has 1 fully saturated rings. The lowest BCUT2D eigenvalue weighted by Crippen LogP contribution is -2.43. The third-order valence-electron chi connectivity index (χ3n) is 5.47. The van der Waals surface area contributed by atoms with Gasteiger partial charge < -0.3 is 14.9 Å². The molecule has 2 unspecified atom stereocenters. The van der Waals surface area contributed by atoms with E-state index in [0.717, 1.165) is 22.4 Å². The Hall–Kier alpha value is -2.35. The van der Waals surface area contributed by atoms with Crippen LogP contribution in [0.5, 0.6) is 0 Å². The highest BCUT2D eigenvalue weighted by molar-refractivity contribution is 6.08. The highest BCUT2D eigenvalue weighted by Gasteiger charge is 2.49. The van der Waals surface area contributed by atoms with E-state index in [0.29, 0.717) is 5.82 Å². The molecule has 0 radical (unpaired) electrons. The molecule has 1 aromatic heterocycles. The molecule has 0 saturated carbocycles. The molecule has 1 saturated heterocycles. The largest absolute Gasteiger partial charge is 0.394 e. The Kier molecular flexibility index (Phi) is 4.25. The van der Waals surface area contributed by atoms with Crippen LogP contribution in [0.25, 0.3) is 11.1 Å². The van der Waals surface area contributed by atoms with Crippen LogP contribution >= 0.6 is 0 Å². The summed E-state index contributed by atoms with van der Waals surface area (Å²) in [6.07, 6.45) is 1.71. The van der Waals surface area contributed by atoms with Crippen LogP contribution in [0.3, 0.4) is 0 Å². The maximum absolute atomic E-state index is 13.1. The minimum Gasteiger partial charge on any atom is -0.394 e. The first-order chi connectivity index (χ1) is 12.8. The van der Waals surface area contributed by atoms with E-state index in [1.165, 1.54) is 0 Å². The number of ether oxygens (including phenoxy) is 1. The number of aromatic nitrogens is 2. The van der Waals surface area contributed by atoms with Gasteiger partial charge in [0.15, 0.2) is 0 Å². The van der Waals surface area contributed by atoms with Gasteiger partial charge in [-0.3, -0.25) is 9.69 Å². The van der Waals surface area contributed by atoms with Gasteiger partial charge in [-0.25, -0.2) is 9.97 Å². The second-order valence-electron chi connectivity index (χ2n) is 7.67. The summed E-state index contributed by atoms with van der Waals surface area (Å²) in [5.41, 5.74) is 2.75. The van der Waals surface area contributed by atoms with Crippen LogP contribution in [0, 0.1) is 6.92 Å². The molecule has 0 aliphatic carbocycles. The van der Waals surface area contributed by atoms with Crippen LogP contribution in [0.15, 0.2) is 30.6 Å². The number of rotatable bonds is 3. The number of benzene rings is 1. The van der Waals surface area contributed by atoms with Crippen molar-refractivity contribution >= 4 is 11.6 Å². The summed E-state index contributed by atoms with van der Waals surface area (Å²) in [6.45, 7) is 5.32. The number of carbonyl (C=O) groups is 1. The second kappa shape index (κ2) is 6.37. The topological polar surface area (TPSA) is 95.8 Å². The van der Waals surface area contributed by atoms with E-state index in [2.05, 4.69) is 9.97 Å². The first kappa shape index (κ1) is 18.0. The monoisotopic (exact) mass is 369 g/mol. The van der Waals surface area contributed by atoms with Gasteiger partial charge >= 0.3 is 0 Å². The maximum atomic E-state index is 13.1. The predicted molar refractivity (Wildman–Crippen MR) is 99.1 cm³/mol. The Morgan fingerprint density at radius 1 is 1.26 bits per heavy atom. The summed E-state index contributed by atoms with van der Waals surface area (Å²) >= 11 is 0. The number of aliphatic hydroxyl groups excluding tert-OH is 2. The number of anilines is 1. The predicted octanol–water partition coefficient (Wildman–Crippen LogP) is 1.54. The average Bonchev–Trinajstić information content (AvgIpc) is 3.10. The first-order valence-corrected chi connectivity index (χ1v) is 9.04. The molecule has 2 aromatic rings. The zero-order chi connectivity index (χ0) is 19.3. The van der Waals surface area contributed by atoms with Gasteiger partial charge in [0.25, 0.3) is 0 Å². The average molecular weight is 369 g/mol. The zero-order valence-corrected chi connectivity index (χ0v) is 15.6. The fraction of sp³-hybridized carbons (Fsp3) is 0.450. The van der Waals surface area contributed by atoms with Crippen molar-refractivity contribution in [1.29, 1.82) is 0 Å². The van der Waals surface area contributed by atoms with E-state index in [4.69, 9.17) is 4.74 Å². The highest BCUT2D eigenvalue weighted by atomic mass is 16.5. The molecule has 4 rings (SSSR count). The molecule has 0 spiro atoms. The van der Waals surface area contributed by atoms with Crippen molar-refractivity contribution < 1.29 is 19.7 Å². The Morgan fingerprint density at radius 3 is 2.59 bits per heavy atom. The summed E-state index contributed by atoms with van der Waals surface area (Å²) < 4.78 is 5.77. The van der Waals surface area contributed by atoms with E-state index in [9.17, 15) is 15.0 Å². The molecule has 1 amide bonds. The molecule has 7 nitrogen and oxygen atoms in total. The number of amides is 1. The van der Waals surface area contributed by atoms with Crippen LogP contribution < -0.4 is 4.90 Å². The van der Waals surface area contributed by atoms with E-state index in [1.54, 1.807) is 17.3 Å². The maximum Gasteiger partial charge on any atom is 0.239 e. The molecule has 3 atom stereocenters. The van der Waals surface area contributed by atoms with E-state index in [1.807, 2.05) is 39.0 Å². The van der Waals surface area contributed by atoms with Crippen LogP contribution in [0.4, 0.5) is 5.69 Å². The van der Waals surface area contributed by atoms with Gasteiger partial charge in [0.05, 0.1) is 23.8 Å². The lowest BCUT2D eigenvalue weighted by molar-refractivity contribution is -0.125. The van der Waals surface area contributed by atoms with Crippen LogP contribution in [-0.4, -0.2) is 51.1 Å². The molecule has 27 heavy (non-hydrogen) atoms. The fourth-order valence-electron chi connectivity index (χ4n) is 3.83. The van der Waals surface area contributed by atoms with Gasteiger partial charge in [-0.1, -0.05) is 12.1 Å². The van der Waals surface area contributed by atoms with Crippen molar-refractivity contribution in [3.8, 4) is 11.1 Å². The molecule has 3 heterocycles. The number of nitrogens with zero attached hydrogens (tertiary/aromatic N) is 3. The smallest absolute Gasteiger partial charge is 0.239 e. The van der Waals surface area contributed by atoms with Crippen molar-refractivity contribution in [2.24, 2.45) is 0 Å². The second-order valence-corrected chi connectivity index (χ2v) is 7.67. The van der Waals surface area contributed by atoms with Gasteiger partial charge in [-0.15, -0.1) is 0 Å². The Labute approximate surface area is 157 Å². The molecule has 142 valence electrons. The normalized spacial score (nSPS) is 26.5. The summed E-state index contributed by atoms with van der Waals surface area (Å²) in [5.74, 6) is 0.617. The van der Waals surface area contributed by atoms with Gasteiger partial charge in [0, 0.05) is 24.4 Å². The van der Waals surface area contributed by atoms with Crippen LogP contribution in [0.1, 0.15) is 31.7 Å². The number of carbonyl (C=O) groups excluding carboxylic acids is 1.